The summed E-state index contributed by atoms with van der Waals surface area (Å²) in [6.07, 6.45) is 5.11. The zero-order chi connectivity index (χ0) is 30.9. The molecular formula is C30H42N2O9. The molecule has 2 bridgehead atoms. The van der Waals surface area contributed by atoms with Gasteiger partial charge in [-0.3, -0.25) is 14.4 Å². The van der Waals surface area contributed by atoms with E-state index in [0.29, 0.717) is 12.0 Å². The van der Waals surface area contributed by atoms with Crippen molar-refractivity contribution in [2.75, 3.05) is 28.4 Å². The van der Waals surface area contributed by atoms with E-state index in [1.165, 1.54) is 26.4 Å². The highest BCUT2D eigenvalue weighted by Crippen LogP contribution is 2.30. The molecule has 1 aliphatic carbocycles. The normalized spacial score (nSPS) is 33.9. The Bertz CT molecular complexity index is 1150. The number of nitrogens with two attached hydrogens (primary N) is 1. The first-order valence-electron chi connectivity index (χ1n) is 13.3. The van der Waals surface area contributed by atoms with E-state index in [9.17, 15) is 19.2 Å². The minimum atomic E-state index is -0.972. The Kier molecular flexibility index (Phi) is 12.8. The van der Waals surface area contributed by atoms with E-state index in [0.717, 1.165) is 6.08 Å². The van der Waals surface area contributed by atoms with Crippen molar-refractivity contribution in [3.05, 3.63) is 58.9 Å². The number of carbonyl (C=O) groups is 4. The lowest BCUT2D eigenvalue weighted by molar-refractivity contribution is -0.120. The van der Waals surface area contributed by atoms with Crippen molar-refractivity contribution >= 4 is 23.6 Å². The summed E-state index contributed by atoms with van der Waals surface area (Å²) in [5, 5.41) is 2.54. The lowest BCUT2D eigenvalue weighted by Crippen LogP contribution is -2.41. The lowest BCUT2D eigenvalue weighted by Gasteiger charge is -2.34. The van der Waals surface area contributed by atoms with Crippen LogP contribution in [-0.4, -0.2) is 82.5 Å². The summed E-state index contributed by atoms with van der Waals surface area (Å²) in [7, 11) is 6.05. The fourth-order valence-corrected chi connectivity index (χ4v) is 5.21. The summed E-state index contributed by atoms with van der Waals surface area (Å²) >= 11 is 0. The summed E-state index contributed by atoms with van der Waals surface area (Å²) in [5.41, 5.74) is 6.29. The SMILES string of the molecule is COC1/C=C/C=C(\C)C(=O)NC2=CC(=O)C=C(C2=O)[C@H](OC)[C@@H](C)C[C@H](OC)[C@H](OC)[C@@H](C)/C=C(\C)[C@@H]1OC(N)=O. The second kappa shape index (κ2) is 15.6. The topological polar surface area (TPSA) is 152 Å². The number of Topliss-reactive ketones (excluding diaryl/α,β-unsaturated/α-hetero) is 1. The third-order valence-electron chi connectivity index (χ3n) is 7.27. The summed E-state index contributed by atoms with van der Waals surface area (Å²) in [5.74, 6) is -2.04. The molecule has 0 spiro atoms. The van der Waals surface area contributed by atoms with Crippen molar-refractivity contribution in [3.8, 4) is 0 Å². The number of ketones is 2. The van der Waals surface area contributed by atoms with Crippen LogP contribution in [0.15, 0.2) is 58.9 Å². The predicted octanol–water partition coefficient (Wildman–Crippen LogP) is 2.71. The van der Waals surface area contributed by atoms with Crippen LogP contribution in [0.5, 0.6) is 0 Å². The third-order valence-corrected chi connectivity index (χ3v) is 7.27. The zero-order valence-corrected chi connectivity index (χ0v) is 25.0. The number of hydrogen-bond acceptors (Lipinski definition) is 9. The van der Waals surface area contributed by atoms with Gasteiger partial charge in [0.25, 0.3) is 5.91 Å². The number of allylic oxidation sites excluding steroid dienone is 5. The van der Waals surface area contributed by atoms with E-state index in [-0.39, 0.29) is 28.7 Å². The van der Waals surface area contributed by atoms with Gasteiger partial charge in [0.15, 0.2) is 11.9 Å². The second-order valence-electron chi connectivity index (χ2n) is 10.2. The smallest absolute Gasteiger partial charge is 0.405 e. The maximum absolute atomic E-state index is 13.4. The second-order valence-corrected chi connectivity index (χ2v) is 10.2. The van der Waals surface area contributed by atoms with Gasteiger partial charge in [0.05, 0.1) is 24.0 Å². The van der Waals surface area contributed by atoms with Crippen molar-refractivity contribution in [3.63, 3.8) is 0 Å². The van der Waals surface area contributed by atoms with Crippen LogP contribution < -0.4 is 11.1 Å². The first-order chi connectivity index (χ1) is 19.4. The first kappa shape index (κ1) is 33.8. The standard InChI is InChI=1S/C30H42N2O9/c1-16-10-9-11-23(37-5)28(41-30(31)36)18(3)12-17(2)27(40-8)24(38-6)13-19(4)26(39-7)21-14-20(33)15-22(25(21)34)32-29(16)35/h9-12,14-15,17,19,23-24,26-28H,13H2,1-8H3,(H2,31,36)(H,32,35)/b11-9+,16-10+,18-12+/t17-,19-,23?,24-,26+,27+,28-/m0/s1. The van der Waals surface area contributed by atoms with Gasteiger partial charge in [0.1, 0.15) is 6.10 Å². The van der Waals surface area contributed by atoms with Crippen LogP contribution in [0.25, 0.3) is 0 Å². The molecule has 1 heterocycles. The highest BCUT2D eigenvalue weighted by molar-refractivity contribution is 6.22. The molecule has 41 heavy (non-hydrogen) atoms. The summed E-state index contributed by atoms with van der Waals surface area (Å²) in [4.78, 5) is 50.6. The van der Waals surface area contributed by atoms with Gasteiger partial charge in [-0.05, 0) is 37.8 Å². The number of carbonyl (C=O) groups excluding carboxylic acids is 4. The van der Waals surface area contributed by atoms with E-state index in [1.807, 2.05) is 19.9 Å². The molecular weight excluding hydrogens is 532 g/mol. The Labute approximate surface area is 241 Å². The molecule has 0 saturated heterocycles. The van der Waals surface area contributed by atoms with E-state index >= 15 is 0 Å². The highest BCUT2D eigenvalue weighted by Gasteiger charge is 2.36. The number of fused-ring (bicyclic) bond motifs is 2. The minimum absolute atomic E-state index is 0.141. The van der Waals surface area contributed by atoms with Gasteiger partial charge >= 0.3 is 6.09 Å². The number of ether oxygens (including phenoxy) is 5. The fourth-order valence-electron chi connectivity index (χ4n) is 5.21. The van der Waals surface area contributed by atoms with Crippen LogP contribution >= 0.6 is 0 Å². The largest absolute Gasteiger partial charge is 0.439 e. The Morgan fingerprint density at radius 3 is 2.20 bits per heavy atom. The van der Waals surface area contributed by atoms with Gasteiger partial charge < -0.3 is 34.7 Å². The Balaban J connectivity index is 2.66. The van der Waals surface area contributed by atoms with Crippen molar-refractivity contribution in [2.45, 2.75) is 64.6 Å². The quantitative estimate of drug-likeness (QED) is 0.373. The molecule has 0 aromatic heterocycles. The van der Waals surface area contributed by atoms with Gasteiger partial charge in [0, 0.05) is 51.6 Å². The maximum atomic E-state index is 13.4. The van der Waals surface area contributed by atoms with Gasteiger partial charge in [0.2, 0.25) is 5.78 Å². The molecule has 226 valence electrons. The number of amides is 2. The van der Waals surface area contributed by atoms with Crippen molar-refractivity contribution < 1.29 is 42.9 Å². The van der Waals surface area contributed by atoms with Crippen LogP contribution in [0.2, 0.25) is 0 Å². The molecule has 11 heteroatoms. The van der Waals surface area contributed by atoms with E-state index in [4.69, 9.17) is 29.4 Å². The molecule has 11 nitrogen and oxygen atoms in total. The monoisotopic (exact) mass is 574 g/mol. The van der Waals surface area contributed by atoms with E-state index in [2.05, 4.69) is 5.32 Å². The van der Waals surface area contributed by atoms with Crippen LogP contribution in [-0.2, 0) is 38.1 Å². The summed E-state index contributed by atoms with van der Waals surface area (Å²) in [6.45, 7) is 7.17. The van der Waals surface area contributed by atoms with Gasteiger partial charge in [-0.2, -0.15) is 0 Å². The third kappa shape index (κ3) is 8.80. The van der Waals surface area contributed by atoms with Crippen molar-refractivity contribution in [1.82, 2.24) is 5.32 Å². The highest BCUT2D eigenvalue weighted by atomic mass is 16.6. The summed E-state index contributed by atoms with van der Waals surface area (Å²) in [6, 6.07) is 0. The van der Waals surface area contributed by atoms with Crippen LogP contribution in [0.3, 0.4) is 0 Å². The van der Waals surface area contributed by atoms with Gasteiger partial charge in [-0.25, -0.2) is 4.79 Å². The molecule has 2 aliphatic rings. The summed E-state index contributed by atoms with van der Waals surface area (Å²) < 4.78 is 28.4. The Morgan fingerprint density at radius 1 is 0.951 bits per heavy atom. The average molecular weight is 575 g/mol. The average Bonchev–Trinajstić information content (AvgIpc) is 2.91. The molecule has 1 unspecified atom stereocenters. The molecule has 0 radical (unpaired) electrons. The molecule has 2 amide bonds. The van der Waals surface area contributed by atoms with Crippen molar-refractivity contribution in [1.29, 1.82) is 0 Å². The number of nitrogens with one attached hydrogen (secondary N) is 1. The molecule has 0 aromatic rings. The van der Waals surface area contributed by atoms with E-state index in [1.54, 1.807) is 40.2 Å². The van der Waals surface area contributed by atoms with Crippen LogP contribution in [0.1, 0.15) is 34.1 Å². The molecule has 3 N–H and O–H groups in total. The van der Waals surface area contributed by atoms with Crippen molar-refractivity contribution in [2.24, 2.45) is 17.6 Å². The minimum Gasteiger partial charge on any atom is -0.439 e. The molecule has 2 rings (SSSR count). The predicted molar refractivity (Wildman–Crippen MR) is 152 cm³/mol. The fraction of sp³-hybridized carbons (Fsp3) is 0.533. The van der Waals surface area contributed by atoms with E-state index < -0.39 is 54.1 Å². The molecule has 0 fully saturated rings. The number of rotatable bonds is 5. The zero-order valence-electron chi connectivity index (χ0n) is 25.0. The maximum Gasteiger partial charge on any atom is 0.405 e. The number of hydrogen-bond donors (Lipinski definition) is 2. The number of methoxy groups -OCH3 is 4. The van der Waals surface area contributed by atoms with Crippen LogP contribution in [0, 0.1) is 11.8 Å². The van der Waals surface area contributed by atoms with Crippen LogP contribution in [0.4, 0.5) is 4.79 Å². The van der Waals surface area contributed by atoms with Gasteiger partial charge in [-0.15, -0.1) is 0 Å². The molecule has 7 atom stereocenters. The molecule has 1 aliphatic heterocycles. The first-order valence-corrected chi connectivity index (χ1v) is 13.3. The number of primary amides is 1. The Hall–Kier alpha value is -3.38. The molecule has 0 aromatic carbocycles. The Morgan fingerprint density at radius 2 is 1.63 bits per heavy atom. The lowest BCUT2D eigenvalue weighted by atomic mass is 9.84. The molecule has 0 saturated carbocycles. The van der Waals surface area contributed by atoms with Gasteiger partial charge in [-0.1, -0.05) is 38.2 Å².